The minimum absolute atomic E-state index is 1.08. The lowest BCUT2D eigenvalue weighted by atomic mass is 10.2. The number of imidazole rings is 1. The van der Waals surface area contributed by atoms with Crippen LogP contribution in [0.4, 0.5) is 0 Å². The maximum Gasteiger partial charge on any atom is 0.243 e. The van der Waals surface area contributed by atoms with Crippen molar-refractivity contribution in [2.75, 3.05) is 27.7 Å². The molecule has 0 unspecified atom stereocenters. The van der Waals surface area contributed by atoms with E-state index in [-0.39, 0.29) is 0 Å². The Morgan fingerprint density at radius 2 is 1.87 bits per heavy atom. The molecule has 0 aliphatic rings. The number of quaternary nitrogens is 1. The quantitative estimate of drug-likeness (QED) is 0.380. The third-order valence-corrected chi connectivity index (χ3v) is 2.57. The molecule has 0 aliphatic carbocycles. The topological polar surface area (TPSA) is 8.81 Å². The number of hydrogen-bond acceptors (Lipinski definition) is 0. The molecule has 3 heteroatoms. The summed E-state index contributed by atoms with van der Waals surface area (Å²) >= 11 is 0. The van der Waals surface area contributed by atoms with E-state index < -0.39 is 0 Å². The summed E-state index contributed by atoms with van der Waals surface area (Å²) in [5, 5.41) is 0. The van der Waals surface area contributed by atoms with Gasteiger partial charge in [-0.05, 0) is 19.3 Å². The third-order valence-electron chi connectivity index (χ3n) is 2.57. The van der Waals surface area contributed by atoms with Crippen molar-refractivity contribution in [2.24, 2.45) is 7.05 Å². The fourth-order valence-corrected chi connectivity index (χ4v) is 1.69. The number of unbranched alkanes of at least 4 members (excludes halogenated alkanes) is 2. The molecule has 0 fully saturated rings. The van der Waals surface area contributed by atoms with E-state index in [9.17, 15) is 0 Å². The Labute approximate surface area is 93.5 Å². The van der Waals surface area contributed by atoms with Crippen LogP contribution in [0.5, 0.6) is 0 Å². The van der Waals surface area contributed by atoms with E-state index in [0.717, 1.165) is 11.0 Å². The predicted molar refractivity (Wildman–Crippen MR) is 62.4 cm³/mol. The van der Waals surface area contributed by atoms with Crippen molar-refractivity contribution >= 4 is 0 Å². The zero-order chi connectivity index (χ0) is 11.3. The number of aryl methyl sites for hydroxylation is 2. The Morgan fingerprint density at radius 3 is 2.40 bits per heavy atom. The molecule has 0 saturated carbocycles. The van der Waals surface area contributed by atoms with Gasteiger partial charge in [0.25, 0.3) is 0 Å². The minimum Gasteiger partial charge on any atom is -0.331 e. The highest BCUT2D eigenvalue weighted by Crippen LogP contribution is 2.00. The van der Waals surface area contributed by atoms with Crippen LogP contribution in [-0.4, -0.2) is 36.7 Å². The van der Waals surface area contributed by atoms with Crippen molar-refractivity contribution < 1.29 is 9.05 Å². The summed E-state index contributed by atoms with van der Waals surface area (Å²) in [4.78, 5) is 0. The highest BCUT2D eigenvalue weighted by Gasteiger charge is 2.06. The van der Waals surface area contributed by atoms with Crippen LogP contribution >= 0.6 is 0 Å². The first kappa shape index (κ1) is 12.2. The van der Waals surface area contributed by atoms with Gasteiger partial charge < -0.3 is 4.48 Å². The van der Waals surface area contributed by atoms with Gasteiger partial charge >= 0.3 is 0 Å². The van der Waals surface area contributed by atoms with Crippen molar-refractivity contribution in [1.82, 2.24) is 4.57 Å². The molecular weight excluding hydrogens is 186 g/mol. The molecule has 0 radical (unpaired) electrons. The second kappa shape index (κ2) is 5.31. The van der Waals surface area contributed by atoms with Crippen LogP contribution in [0, 0.1) is 0 Å². The Morgan fingerprint density at radius 1 is 1.13 bits per heavy atom. The lowest BCUT2D eigenvalue weighted by Gasteiger charge is -2.23. The summed E-state index contributed by atoms with van der Waals surface area (Å²) in [7, 11) is 8.83. The van der Waals surface area contributed by atoms with Crippen molar-refractivity contribution in [2.45, 2.75) is 25.8 Å². The van der Waals surface area contributed by atoms with Gasteiger partial charge in [-0.2, -0.15) is 0 Å². The molecule has 3 nitrogen and oxygen atoms in total. The molecule has 0 aliphatic heterocycles. The van der Waals surface area contributed by atoms with Crippen molar-refractivity contribution in [3.63, 3.8) is 0 Å². The van der Waals surface area contributed by atoms with Gasteiger partial charge in [-0.1, -0.05) is 0 Å². The summed E-state index contributed by atoms with van der Waals surface area (Å²) in [5.74, 6) is 0. The monoisotopic (exact) mass is 211 g/mol. The van der Waals surface area contributed by atoms with Crippen LogP contribution in [0.3, 0.4) is 0 Å². The van der Waals surface area contributed by atoms with Crippen LogP contribution in [0.1, 0.15) is 19.3 Å². The highest BCUT2D eigenvalue weighted by molar-refractivity contribution is 4.61. The van der Waals surface area contributed by atoms with E-state index in [1.54, 1.807) is 0 Å². The molecule has 1 rings (SSSR count). The number of aromatic nitrogens is 2. The summed E-state index contributed by atoms with van der Waals surface area (Å²) < 4.78 is 5.43. The normalized spacial score (nSPS) is 12.0. The number of hydrogen-bond donors (Lipinski definition) is 0. The average molecular weight is 211 g/mol. The zero-order valence-corrected chi connectivity index (χ0v) is 10.6. The smallest absolute Gasteiger partial charge is 0.243 e. The summed E-state index contributed by atoms with van der Waals surface area (Å²) in [5.41, 5.74) is 0. The maximum absolute atomic E-state index is 2.26. The Balaban J connectivity index is 2.07. The molecule has 15 heavy (non-hydrogen) atoms. The standard InChI is InChI=1S/C12H25N3/c1-13-9-10-14(12-13)8-6-5-7-11-15(2,3)4/h9-10,12H,5-8,11H2,1-4H3/q+2. The average Bonchev–Trinajstić information content (AvgIpc) is 2.49. The fraction of sp³-hybridized carbons (Fsp3) is 0.750. The van der Waals surface area contributed by atoms with Crippen molar-refractivity contribution in [1.29, 1.82) is 0 Å². The molecule has 0 N–H and O–H groups in total. The summed E-state index contributed by atoms with van der Waals surface area (Å²) in [6, 6.07) is 0. The molecular formula is C12H25N3+2. The van der Waals surface area contributed by atoms with Gasteiger partial charge in [0.1, 0.15) is 12.4 Å². The van der Waals surface area contributed by atoms with E-state index in [4.69, 9.17) is 0 Å². The maximum atomic E-state index is 2.26. The van der Waals surface area contributed by atoms with Gasteiger partial charge in [-0.3, -0.25) is 0 Å². The van der Waals surface area contributed by atoms with Crippen LogP contribution in [0.25, 0.3) is 0 Å². The van der Waals surface area contributed by atoms with E-state index in [2.05, 4.69) is 56.0 Å². The van der Waals surface area contributed by atoms with Gasteiger partial charge in [0.2, 0.25) is 6.33 Å². The fourth-order valence-electron chi connectivity index (χ4n) is 1.69. The van der Waals surface area contributed by atoms with Crippen molar-refractivity contribution in [3.8, 4) is 0 Å². The van der Waals surface area contributed by atoms with Crippen LogP contribution < -0.4 is 4.57 Å². The van der Waals surface area contributed by atoms with Crippen molar-refractivity contribution in [3.05, 3.63) is 18.7 Å². The van der Waals surface area contributed by atoms with E-state index >= 15 is 0 Å². The summed E-state index contributed by atoms with van der Waals surface area (Å²) in [6.07, 6.45) is 10.3. The third kappa shape index (κ3) is 5.57. The SMILES string of the molecule is Cn1cc[n+](CCCCC[N+](C)(C)C)c1. The zero-order valence-electron chi connectivity index (χ0n) is 10.6. The molecule has 0 aromatic carbocycles. The first-order valence-electron chi connectivity index (χ1n) is 5.79. The molecule has 0 saturated heterocycles. The molecule has 0 atom stereocenters. The lowest BCUT2D eigenvalue weighted by Crippen LogP contribution is -2.35. The second-order valence-corrected chi connectivity index (χ2v) is 5.39. The Bertz CT molecular complexity index is 283. The summed E-state index contributed by atoms with van der Waals surface area (Å²) in [6.45, 7) is 2.43. The lowest BCUT2D eigenvalue weighted by molar-refractivity contribution is -0.870. The number of nitrogens with zero attached hydrogens (tertiary/aromatic N) is 3. The van der Waals surface area contributed by atoms with Gasteiger partial charge in [0.05, 0.1) is 41.3 Å². The largest absolute Gasteiger partial charge is 0.331 e. The molecule has 1 heterocycles. The van der Waals surface area contributed by atoms with E-state index in [1.807, 2.05) is 0 Å². The molecule has 0 spiro atoms. The van der Waals surface area contributed by atoms with Gasteiger partial charge in [0.15, 0.2) is 0 Å². The number of rotatable bonds is 6. The highest BCUT2D eigenvalue weighted by atomic mass is 15.3. The Hall–Kier alpha value is -0.830. The van der Waals surface area contributed by atoms with Crippen LogP contribution in [-0.2, 0) is 13.6 Å². The first-order chi connectivity index (χ1) is 6.97. The van der Waals surface area contributed by atoms with Crippen LogP contribution in [0.15, 0.2) is 18.7 Å². The molecule has 0 amide bonds. The van der Waals surface area contributed by atoms with E-state index in [0.29, 0.717) is 0 Å². The van der Waals surface area contributed by atoms with Gasteiger partial charge in [-0.15, -0.1) is 0 Å². The van der Waals surface area contributed by atoms with Gasteiger partial charge in [-0.25, -0.2) is 9.13 Å². The van der Waals surface area contributed by atoms with E-state index in [1.165, 1.54) is 25.8 Å². The molecule has 1 aromatic rings. The first-order valence-corrected chi connectivity index (χ1v) is 5.79. The Kier molecular flexibility index (Phi) is 4.33. The molecule has 1 aromatic heterocycles. The van der Waals surface area contributed by atoms with Crippen LogP contribution in [0.2, 0.25) is 0 Å². The molecule has 86 valence electrons. The molecule has 0 bridgehead atoms. The minimum atomic E-state index is 1.08. The van der Waals surface area contributed by atoms with Gasteiger partial charge in [0, 0.05) is 0 Å². The second-order valence-electron chi connectivity index (χ2n) is 5.39. The predicted octanol–water partition coefficient (Wildman–Crippen LogP) is 1.19.